The van der Waals surface area contributed by atoms with Crippen LogP contribution in [-0.2, 0) is 11.3 Å². The largest absolute Gasteiger partial charge is 0.478 e. The SMILES string of the molecule is CCC1(C)CCN(Cc2sccc2C=CC(=O)O)CC1. The van der Waals surface area contributed by atoms with E-state index in [-0.39, 0.29) is 0 Å². The van der Waals surface area contributed by atoms with Gasteiger partial charge >= 0.3 is 5.97 Å². The van der Waals surface area contributed by atoms with Gasteiger partial charge in [-0.15, -0.1) is 11.3 Å². The van der Waals surface area contributed by atoms with Gasteiger partial charge in [0, 0.05) is 17.5 Å². The van der Waals surface area contributed by atoms with Crippen molar-refractivity contribution in [3.63, 3.8) is 0 Å². The van der Waals surface area contributed by atoms with Gasteiger partial charge in [-0.2, -0.15) is 0 Å². The molecule has 0 saturated carbocycles. The van der Waals surface area contributed by atoms with Crippen LogP contribution in [0.5, 0.6) is 0 Å². The molecular weight excluding hydrogens is 270 g/mol. The van der Waals surface area contributed by atoms with Crippen LogP contribution in [0.2, 0.25) is 0 Å². The summed E-state index contributed by atoms with van der Waals surface area (Å²) in [6.07, 6.45) is 6.70. The number of carbonyl (C=O) groups is 1. The fraction of sp³-hybridized carbons (Fsp3) is 0.562. The molecule has 1 aromatic heterocycles. The first kappa shape index (κ1) is 15.3. The number of hydrogen-bond acceptors (Lipinski definition) is 3. The van der Waals surface area contributed by atoms with E-state index in [9.17, 15) is 4.79 Å². The molecule has 20 heavy (non-hydrogen) atoms. The quantitative estimate of drug-likeness (QED) is 0.838. The first-order valence-corrected chi connectivity index (χ1v) is 8.10. The Bertz CT molecular complexity index is 484. The second-order valence-electron chi connectivity index (χ2n) is 5.91. The molecule has 4 heteroatoms. The third-order valence-electron chi connectivity index (χ3n) is 4.47. The fourth-order valence-electron chi connectivity index (χ4n) is 2.60. The van der Waals surface area contributed by atoms with Crippen molar-refractivity contribution in [2.45, 2.75) is 39.7 Å². The van der Waals surface area contributed by atoms with Gasteiger partial charge in [0.2, 0.25) is 0 Å². The molecule has 0 atom stereocenters. The van der Waals surface area contributed by atoms with Crippen LogP contribution in [0, 0.1) is 5.41 Å². The predicted octanol–water partition coefficient (Wildman–Crippen LogP) is 3.86. The minimum atomic E-state index is -0.890. The molecule has 0 amide bonds. The van der Waals surface area contributed by atoms with E-state index in [0.29, 0.717) is 5.41 Å². The third kappa shape index (κ3) is 3.93. The second-order valence-corrected chi connectivity index (χ2v) is 6.91. The van der Waals surface area contributed by atoms with Crippen LogP contribution in [0.25, 0.3) is 6.08 Å². The van der Waals surface area contributed by atoms with Crippen molar-refractivity contribution in [2.24, 2.45) is 5.41 Å². The molecule has 1 saturated heterocycles. The Balaban J connectivity index is 1.95. The van der Waals surface area contributed by atoms with E-state index < -0.39 is 5.97 Å². The summed E-state index contributed by atoms with van der Waals surface area (Å²) in [6, 6.07) is 2.00. The summed E-state index contributed by atoms with van der Waals surface area (Å²) in [7, 11) is 0. The number of thiophene rings is 1. The molecule has 2 heterocycles. The number of hydrogen-bond donors (Lipinski definition) is 1. The van der Waals surface area contributed by atoms with Gasteiger partial charge in [-0.25, -0.2) is 4.79 Å². The predicted molar refractivity (Wildman–Crippen MR) is 83.9 cm³/mol. The van der Waals surface area contributed by atoms with Gasteiger partial charge in [-0.1, -0.05) is 20.3 Å². The first-order valence-electron chi connectivity index (χ1n) is 7.22. The number of likely N-dealkylation sites (tertiary alicyclic amines) is 1. The first-order chi connectivity index (χ1) is 9.52. The molecule has 1 fully saturated rings. The molecule has 0 spiro atoms. The van der Waals surface area contributed by atoms with Crippen molar-refractivity contribution >= 4 is 23.4 Å². The molecule has 0 aromatic carbocycles. The number of piperidine rings is 1. The van der Waals surface area contributed by atoms with E-state index in [2.05, 4.69) is 18.7 Å². The van der Waals surface area contributed by atoms with Crippen molar-refractivity contribution in [3.05, 3.63) is 28.0 Å². The van der Waals surface area contributed by atoms with E-state index in [0.717, 1.165) is 25.2 Å². The Labute approximate surface area is 124 Å². The number of carboxylic acid groups (broad SMARTS) is 1. The summed E-state index contributed by atoms with van der Waals surface area (Å²) in [4.78, 5) is 14.4. The molecule has 2 rings (SSSR count). The highest BCUT2D eigenvalue weighted by atomic mass is 32.1. The number of carboxylic acids is 1. The van der Waals surface area contributed by atoms with E-state index in [1.54, 1.807) is 17.4 Å². The normalized spacial score (nSPS) is 19.5. The van der Waals surface area contributed by atoms with Crippen LogP contribution >= 0.6 is 11.3 Å². The molecule has 0 unspecified atom stereocenters. The van der Waals surface area contributed by atoms with Crippen LogP contribution in [0.1, 0.15) is 43.6 Å². The average molecular weight is 293 g/mol. The topological polar surface area (TPSA) is 40.5 Å². The van der Waals surface area contributed by atoms with Crippen molar-refractivity contribution in [3.8, 4) is 0 Å². The van der Waals surface area contributed by atoms with E-state index >= 15 is 0 Å². The summed E-state index contributed by atoms with van der Waals surface area (Å²) in [5.74, 6) is -0.890. The lowest BCUT2D eigenvalue weighted by Gasteiger charge is -2.38. The van der Waals surface area contributed by atoms with Crippen molar-refractivity contribution in [1.29, 1.82) is 0 Å². The number of rotatable bonds is 5. The van der Waals surface area contributed by atoms with Gasteiger partial charge in [-0.3, -0.25) is 4.90 Å². The van der Waals surface area contributed by atoms with Crippen molar-refractivity contribution in [2.75, 3.05) is 13.1 Å². The lowest BCUT2D eigenvalue weighted by molar-refractivity contribution is -0.131. The zero-order chi connectivity index (χ0) is 14.6. The van der Waals surface area contributed by atoms with E-state index in [4.69, 9.17) is 5.11 Å². The average Bonchev–Trinajstić information content (AvgIpc) is 2.86. The Hall–Kier alpha value is -1.13. The zero-order valence-corrected chi connectivity index (χ0v) is 13.1. The Morgan fingerprint density at radius 2 is 2.20 bits per heavy atom. The van der Waals surface area contributed by atoms with Crippen LogP contribution in [-0.4, -0.2) is 29.1 Å². The van der Waals surface area contributed by atoms with Gasteiger partial charge in [0.05, 0.1) is 0 Å². The third-order valence-corrected chi connectivity index (χ3v) is 5.39. The van der Waals surface area contributed by atoms with Crippen LogP contribution < -0.4 is 0 Å². The molecular formula is C16H23NO2S. The fourth-order valence-corrected chi connectivity index (χ4v) is 3.50. The minimum absolute atomic E-state index is 0.512. The van der Waals surface area contributed by atoms with Gasteiger partial charge in [0.25, 0.3) is 0 Å². The van der Waals surface area contributed by atoms with Gasteiger partial charge in [0.15, 0.2) is 0 Å². The van der Waals surface area contributed by atoms with E-state index in [1.807, 2.05) is 11.4 Å². The number of nitrogens with zero attached hydrogens (tertiary/aromatic N) is 1. The van der Waals surface area contributed by atoms with Gasteiger partial charge < -0.3 is 5.11 Å². The lowest BCUT2D eigenvalue weighted by Crippen LogP contribution is -2.37. The Kier molecular flexibility index (Phi) is 5.00. The maximum atomic E-state index is 10.6. The molecule has 3 nitrogen and oxygen atoms in total. The Morgan fingerprint density at radius 3 is 2.80 bits per heavy atom. The highest BCUT2D eigenvalue weighted by Gasteiger charge is 2.28. The molecule has 1 aliphatic heterocycles. The summed E-state index contributed by atoms with van der Waals surface area (Å²) in [6.45, 7) is 7.89. The molecule has 0 bridgehead atoms. The second kappa shape index (κ2) is 6.55. The highest BCUT2D eigenvalue weighted by Crippen LogP contribution is 2.34. The van der Waals surface area contributed by atoms with Crippen molar-refractivity contribution < 1.29 is 9.90 Å². The van der Waals surface area contributed by atoms with Gasteiger partial charge in [-0.05, 0) is 54.4 Å². The van der Waals surface area contributed by atoms with Crippen molar-refractivity contribution in [1.82, 2.24) is 4.90 Å². The maximum Gasteiger partial charge on any atom is 0.328 e. The zero-order valence-electron chi connectivity index (χ0n) is 12.3. The molecule has 1 aliphatic rings. The summed E-state index contributed by atoms with van der Waals surface area (Å²) in [5, 5.41) is 10.8. The minimum Gasteiger partial charge on any atom is -0.478 e. The molecule has 1 N–H and O–H groups in total. The monoisotopic (exact) mass is 293 g/mol. The van der Waals surface area contributed by atoms with Crippen LogP contribution in [0.3, 0.4) is 0 Å². The van der Waals surface area contributed by atoms with Gasteiger partial charge in [0.1, 0.15) is 0 Å². The number of aliphatic carboxylic acids is 1. The molecule has 0 aliphatic carbocycles. The highest BCUT2D eigenvalue weighted by molar-refractivity contribution is 7.10. The van der Waals surface area contributed by atoms with E-state index in [1.165, 1.54) is 30.2 Å². The Morgan fingerprint density at radius 1 is 1.50 bits per heavy atom. The molecule has 0 radical (unpaired) electrons. The van der Waals surface area contributed by atoms with Crippen LogP contribution in [0.4, 0.5) is 0 Å². The van der Waals surface area contributed by atoms with Crippen LogP contribution in [0.15, 0.2) is 17.5 Å². The smallest absolute Gasteiger partial charge is 0.328 e. The lowest BCUT2D eigenvalue weighted by atomic mass is 9.78. The summed E-state index contributed by atoms with van der Waals surface area (Å²) >= 11 is 1.71. The standard InChI is InChI=1S/C16H23NO2S/c1-3-16(2)7-9-17(10-8-16)12-14-13(6-11-20-14)4-5-15(18)19/h4-6,11H,3,7-10,12H2,1-2H3,(H,18,19). The molecule has 1 aromatic rings. The summed E-state index contributed by atoms with van der Waals surface area (Å²) < 4.78 is 0. The molecule has 110 valence electrons. The summed E-state index contributed by atoms with van der Waals surface area (Å²) in [5.41, 5.74) is 1.55. The maximum absolute atomic E-state index is 10.6.